The molecule has 0 unspecified atom stereocenters. The van der Waals surface area contributed by atoms with Crippen LogP contribution in [0.5, 0.6) is 0 Å². The Labute approximate surface area is 85.7 Å². The molecule has 0 saturated carbocycles. The van der Waals surface area contributed by atoms with Crippen molar-refractivity contribution in [2.45, 2.75) is 13.5 Å². The largest absolute Gasteiger partial charge is 0.316 e. The summed E-state index contributed by atoms with van der Waals surface area (Å²) >= 11 is 0. The molecule has 1 aromatic carbocycles. The number of nitrogens with one attached hydrogen (secondary N) is 2. The lowest BCUT2D eigenvalue weighted by Gasteiger charge is -2.27. The van der Waals surface area contributed by atoms with Crippen LogP contribution in [0.3, 0.4) is 0 Å². The molecule has 14 heavy (non-hydrogen) atoms. The van der Waals surface area contributed by atoms with E-state index in [1.165, 1.54) is 24.2 Å². The molecule has 0 spiro atoms. The third-order valence-electron chi connectivity index (χ3n) is 2.71. The van der Waals surface area contributed by atoms with Crippen LogP contribution in [0.2, 0.25) is 0 Å². The van der Waals surface area contributed by atoms with E-state index >= 15 is 0 Å². The minimum absolute atomic E-state index is 0.847. The van der Waals surface area contributed by atoms with Crippen LogP contribution >= 0.6 is 0 Å². The molecule has 1 aromatic rings. The van der Waals surface area contributed by atoms with Crippen molar-refractivity contribution in [1.29, 1.82) is 0 Å². The Kier molecular flexibility index (Phi) is 3.17. The van der Waals surface area contributed by atoms with E-state index in [0.29, 0.717) is 0 Å². The van der Waals surface area contributed by atoms with Crippen LogP contribution < -0.4 is 10.6 Å². The normalized spacial score (nSPS) is 16.6. The van der Waals surface area contributed by atoms with Gasteiger partial charge in [0.15, 0.2) is 0 Å². The molecule has 0 aromatic heterocycles. The summed E-state index contributed by atoms with van der Waals surface area (Å²) < 4.78 is 0. The highest BCUT2D eigenvalue weighted by molar-refractivity contribution is 5.21. The predicted molar refractivity (Wildman–Crippen MR) is 59.2 cm³/mol. The van der Waals surface area contributed by atoms with E-state index in [0.717, 1.165) is 19.0 Å². The van der Waals surface area contributed by atoms with Gasteiger partial charge in [0.25, 0.3) is 0 Å². The zero-order valence-electron chi connectivity index (χ0n) is 8.72. The molecule has 1 fully saturated rings. The Bertz CT molecular complexity index is 292. The zero-order valence-corrected chi connectivity index (χ0v) is 8.72. The van der Waals surface area contributed by atoms with Crippen molar-refractivity contribution in [3.05, 3.63) is 35.4 Å². The predicted octanol–water partition coefficient (Wildman–Crippen LogP) is 1.30. The number of benzene rings is 1. The van der Waals surface area contributed by atoms with Gasteiger partial charge in [-0.15, -0.1) is 0 Å². The molecule has 2 nitrogen and oxygen atoms in total. The van der Waals surface area contributed by atoms with Crippen molar-refractivity contribution in [3.63, 3.8) is 0 Å². The first-order valence-electron chi connectivity index (χ1n) is 5.31. The SMILES string of the molecule is Cc1cccc(CNCC2CNC2)c1. The van der Waals surface area contributed by atoms with Gasteiger partial charge in [0.2, 0.25) is 0 Å². The van der Waals surface area contributed by atoms with Crippen molar-refractivity contribution < 1.29 is 0 Å². The summed E-state index contributed by atoms with van der Waals surface area (Å²) in [5, 5.41) is 6.77. The van der Waals surface area contributed by atoms with Crippen LogP contribution in [0.15, 0.2) is 24.3 Å². The number of rotatable bonds is 4. The van der Waals surface area contributed by atoms with Crippen molar-refractivity contribution in [1.82, 2.24) is 10.6 Å². The van der Waals surface area contributed by atoms with Gasteiger partial charge in [0, 0.05) is 26.2 Å². The lowest BCUT2D eigenvalue weighted by molar-refractivity contribution is 0.331. The molecule has 0 radical (unpaired) electrons. The summed E-state index contributed by atoms with van der Waals surface area (Å²) in [5.74, 6) is 0.847. The summed E-state index contributed by atoms with van der Waals surface area (Å²) in [6, 6.07) is 8.68. The molecule has 76 valence electrons. The second-order valence-corrected chi connectivity index (χ2v) is 4.14. The Balaban J connectivity index is 1.74. The van der Waals surface area contributed by atoms with E-state index in [-0.39, 0.29) is 0 Å². The van der Waals surface area contributed by atoms with Crippen LogP contribution in [0.25, 0.3) is 0 Å². The van der Waals surface area contributed by atoms with Crippen molar-refractivity contribution in [3.8, 4) is 0 Å². The van der Waals surface area contributed by atoms with E-state index in [4.69, 9.17) is 0 Å². The van der Waals surface area contributed by atoms with Crippen LogP contribution in [-0.4, -0.2) is 19.6 Å². The molecule has 2 rings (SSSR count). The highest BCUT2D eigenvalue weighted by Crippen LogP contribution is 2.04. The summed E-state index contributed by atoms with van der Waals surface area (Å²) in [5.41, 5.74) is 2.73. The molecule has 0 aliphatic carbocycles. The van der Waals surface area contributed by atoms with Gasteiger partial charge < -0.3 is 10.6 Å². The fourth-order valence-electron chi connectivity index (χ4n) is 1.74. The van der Waals surface area contributed by atoms with E-state index in [9.17, 15) is 0 Å². The summed E-state index contributed by atoms with van der Waals surface area (Å²) in [7, 11) is 0. The first kappa shape index (κ1) is 9.69. The second-order valence-electron chi connectivity index (χ2n) is 4.14. The lowest BCUT2D eigenvalue weighted by Crippen LogP contribution is -2.47. The Morgan fingerprint density at radius 1 is 1.43 bits per heavy atom. The molecule has 1 heterocycles. The summed E-state index contributed by atoms with van der Waals surface area (Å²) in [4.78, 5) is 0. The van der Waals surface area contributed by atoms with Crippen molar-refractivity contribution in [2.24, 2.45) is 5.92 Å². The molecular weight excluding hydrogens is 172 g/mol. The molecule has 0 bridgehead atoms. The van der Waals surface area contributed by atoms with Crippen LogP contribution in [0, 0.1) is 12.8 Å². The third kappa shape index (κ3) is 2.56. The van der Waals surface area contributed by atoms with Crippen LogP contribution in [0.1, 0.15) is 11.1 Å². The van der Waals surface area contributed by atoms with E-state index in [2.05, 4.69) is 41.8 Å². The standard InChI is InChI=1S/C12H18N2/c1-10-3-2-4-11(5-10)6-13-7-12-8-14-9-12/h2-5,12-14H,6-9H2,1H3. The van der Waals surface area contributed by atoms with Gasteiger partial charge in [-0.05, 0) is 18.4 Å². The maximum atomic E-state index is 3.49. The van der Waals surface area contributed by atoms with Gasteiger partial charge in [-0.25, -0.2) is 0 Å². The third-order valence-corrected chi connectivity index (χ3v) is 2.71. The van der Waals surface area contributed by atoms with Gasteiger partial charge in [-0.1, -0.05) is 29.8 Å². The molecule has 1 aliphatic rings. The van der Waals surface area contributed by atoms with Gasteiger partial charge in [0.1, 0.15) is 0 Å². The van der Waals surface area contributed by atoms with E-state index < -0.39 is 0 Å². The minimum atomic E-state index is 0.847. The van der Waals surface area contributed by atoms with E-state index in [1.807, 2.05) is 0 Å². The quantitative estimate of drug-likeness (QED) is 0.748. The number of aryl methyl sites for hydroxylation is 1. The van der Waals surface area contributed by atoms with Gasteiger partial charge in [-0.3, -0.25) is 0 Å². The molecular formula is C12H18N2. The molecule has 1 saturated heterocycles. The van der Waals surface area contributed by atoms with Gasteiger partial charge in [-0.2, -0.15) is 0 Å². The average Bonchev–Trinajstić information content (AvgIpc) is 2.09. The fourth-order valence-corrected chi connectivity index (χ4v) is 1.74. The Morgan fingerprint density at radius 3 is 2.93 bits per heavy atom. The number of hydrogen-bond donors (Lipinski definition) is 2. The smallest absolute Gasteiger partial charge is 0.0205 e. The molecule has 1 aliphatic heterocycles. The first-order chi connectivity index (χ1) is 6.84. The summed E-state index contributed by atoms with van der Waals surface area (Å²) in [6.07, 6.45) is 0. The lowest BCUT2D eigenvalue weighted by atomic mass is 10.0. The van der Waals surface area contributed by atoms with Crippen molar-refractivity contribution in [2.75, 3.05) is 19.6 Å². The van der Waals surface area contributed by atoms with Crippen LogP contribution in [0.4, 0.5) is 0 Å². The zero-order chi connectivity index (χ0) is 9.80. The maximum Gasteiger partial charge on any atom is 0.0205 e. The van der Waals surface area contributed by atoms with Gasteiger partial charge >= 0.3 is 0 Å². The van der Waals surface area contributed by atoms with E-state index in [1.54, 1.807) is 0 Å². The first-order valence-corrected chi connectivity index (χ1v) is 5.31. The van der Waals surface area contributed by atoms with Gasteiger partial charge in [0.05, 0.1) is 0 Å². The maximum absolute atomic E-state index is 3.49. The Hall–Kier alpha value is -0.860. The minimum Gasteiger partial charge on any atom is -0.316 e. The Morgan fingerprint density at radius 2 is 2.29 bits per heavy atom. The highest BCUT2D eigenvalue weighted by atomic mass is 15.0. The van der Waals surface area contributed by atoms with Crippen LogP contribution in [-0.2, 0) is 6.54 Å². The average molecular weight is 190 g/mol. The molecule has 0 amide bonds. The molecule has 0 atom stereocenters. The second kappa shape index (κ2) is 4.58. The fraction of sp³-hybridized carbons (Fsp3) is 0.500. The monoisotopic (exact) mass is 190 g/mol. The number of hydrogen-bond acceptors (Lipinski definition) is 2. The molecule has 2 N–H and O–H groups in total. The summed E-state index contributed by atoms with van der Waals surface area (Å²) in [6.45, 7) is 6.64. The highest BCUT2D eigenvalue weighted by Gasteiger charge is 2.15. The topological polar surface area (TPSA) is 24.1 Å². The van der Waals surface area contributed by atoms with Crippen molar-refractivity contribution >= 4 is 0 Å². The molecule has 2 heteroatoms.